The number of hydrogen-bond acceptors (Lipinski definition) is 7. The van der Waals surface area contributed by atoms with E-state index in [-0.39, 0.29) is 18.7 Å². The van der Waals surface area contributed by atoms with Crippen LogP contribution in [0.3, 0.4) is 0 Å². The summed E-state index contributed by atoms with van der Waals surface area (Å²) in [5.74, 6) is 0.637. The Morgan fingerprint density at radius 3 is 2.71 bits per heavy atom. The number of fused-ring (bicyclic) bond motifs is 1. The van der Waals surface area contributed by atoms with Crippen molar-refractivity contribution in [1.29, 1.82) is 0 Å². The van der Waals surface area contributed by atoms with Gasteiger partial charge in [-0.15, -0.1) is 11.3 Å². The molecule has 2 N–H and O–H groups in total. The van der Waals surface area contributed by atoms with Crippen molar-refractivity contribution in [2.24, 2.45) is 5.73 Å². The lowest BCUT2D eigenvalue weighted by Crippen LogP contribution is -2.41. The Morgan fingerprint density at radius 2 is 2.00 bits per heavy atom. The highest BCUT2D eigenvalue weighted by Gasteiger charge is 2.29. The molecule has 1 aromatic carbocycles. The van der Waals surface area contributed by atoms with E-state index in [2.05, 4.69) is 9.97 Å². The maximum absolute atomic E-state index is 12.9. The molecule has 0 aliphatic heterocycles. The molecule has 0 unspecified atom stereocenters. The third kappa shape index (κ3) is 5.47. The van der Waals surface area contributed by atoms with E-state index in [4.69, 9.17) is 22.1 Å². The number of hydrogen-bond donors (Lipinski definition) is 1. The van der Waals surface area contributed by atoms with Crippen molar-refractivity contribution >= 4 is 33.2 Å². The average molecular weight is 566 g/mol. The van der Waals surface area contributed by atoms with E-state index in [0.717, 1.165) is 41.7 Å². The summed E-state index contributed by atoms with van der Waals surface area (Å²) in [7, 11) is 0. The van der Waals surface area contributed by atoms with Gasteiger partial charge in [0.05, 0.1) is 22.5 Å². The molecule has 1 aliphatic carbocycles. The van der Waals surface area contributed by atoms with Gasteiger partial charge in [-0.05, 0) is 49.9 Å². The number of aromatic nitrogens is 4. The second-order valence-electron chi connectivity index (χ2n) is 9.33. The highest BCUT2D eigenvalue weighted by molar-refractivity contribution is 7.19. The van der Waals surface area contributed by atoms with Crippen LogP contribution in [0.25, 0.3) is 21.5 Å². The number of nitrogens with zero attached hydrogens (tertiary/aromatic N) is 4. The van der Waals surface area contributed by atoms with Gasteiger partial charge >= 0.3 is 11.9 Å². The van der Waals surface area contributed by atoms with Gasteiger partial charge in [-0.2, -0.15) is 13.2 Å². The minimum absolute atomic E-state index is 0.0383. The SMILES string of the molecule is Cc1cc(Cl)cc(-c2ncnc3cc(Cn4c(=O)ccn(CC(F)(F)F)c4=O)sc23)c1O[C@@H]1CC[C@@H](N)C1. The molecule has 2 atom stereocenters. The summed E-state index contributed by atoms with van der Waals surface area (Å²) in [4.78, 5) is 34.4. The quantitative estimate of drug-likeness (QED) is 0.369. The second-order valence-corrected chi connectivity index (χ2v) is 10.9. The van der Waals surface area contributed by atoms with Crippen LogP contribution in [0.15, 0.2) is 46.4 Å². The standard InChI is InChI=1S/C25H23ClF3N5O3S/c1-13-6-14(26)7-18(22(13)37-16-3-2-15(30)8-16)21-23-19(31-12-32-21)9-17(38-23)10-34-20(35)4-5-33(24(34)36)11-25(27,28)29/h4-7,9,12,15-16H,2-3,8,10-11,30H2,1H3/t15-,16-/m1/s1. The molecule has 1 aliphatic rings. The summed E-state index contributed by atoms with van der Waals surface area (Å²) in [6.45, 7) is 0.192. The molecule has 8 nitrogen and oxygen atoms in total. The molecule has 0 spiro atoms. The predicted octanol–water partition coefficient (Wildman–Crippen LogP) is 4.51. The van der Waals surface area contributed by atoms with E-state index >= 15 is 0 Å². The van der Waals surface area contributed by atoms with Crippen molar-refractivity contribution in [3.63, 3.8) is 0 Å². The molecule has 3 heterocycles. The summed E-state index contributed by atoms with van der Waals surface area (Å²) in [6, 6.07) is 6.29. The zero-order valence-electron chi connectivity index (χ0n) is 20.2. The number of nitrogens with two attached hydrogens (primary N) is 1. The van der Waals surface area contributed by atoms with Crippen LogP contribution in [-0.2, 0) is 13.1 Å². The third-order valence-corrected chi connectivity index (χ3v) is 7.70. The van der Waals surface area contributed by atoms with Crippen molar-refractivity contribution < 1.29 is 17.9 Å². The van der Waals surface area contributed by atoms with Crippen LogP contribution in [0.2, 0.25) is 5.02 Å². The first kappa shape index (κ1) is 26.4. The molecule has 1 fully saturated rings. The fraction of sp³-hybridized carbons (Fsp3) is 0.360. The van der Waals surface area contributed by atoms with Gasteiger partial charge in [-0.3, -0.25) is 13.9 Å². The fourth-order valence-corrected chi connectivity index (χ4v) is 6.03. The Labute approximate surface area is 223 Å². The number of halogens is 4. The lowest BCUT2D eigenvalue weighted by molar-refractivity contribution is -0.141. The molecule has 0 radical (unpaired) electrons. The van der Waals surface area contributed by atoms with Gasteiger partial charge in [0.25, 0.3) is 5.56 Å². The Morgan fingerprint density at radius 1 is 1.21 bits per heavy atom. The number of ether oxygens (including phenoxy) is 1. The molecule has 200 valence electrons. The lowest BCUT2D eigenvalue weighted by Gasteiger charge is -2.19. The van der Waals surface area contributed by atoms with Crippen molar-refractivity contribution in [3.05, 3.63) is 73.1 Å². The van der Waals surface area contributed by atoms with Gasteiger partial charge in [0.2, 0.25) is 0 Å². The van der Waals surface area contributed by atoms with Gasteiger partial charge in [0.1, 0.15) is 24.7 Å². The topological polar surface area (TPSA) is 105 Å². The van der Waals surface area contributed by atoms with Crippen molar-refractivity contribution in [2.45, 2.75) is 57.6 Å². The minimum Gasteiger partial charge on any atom is -0.489 e. The van der Waals surface area contributed by atoms with Gasteiger partial charge in [-0.25, -0.2) is 14.8 Å². The zero-order valence-corrected chi connectivity index (χ0v) is 21.7. The van der Waals surface area contributed by atoms with Crippen LogP contribution in [0.4, 0.5) is 13.2 Å². The summed E-state index contributed by atoms with van der Waals surface area (Å²) >= 11 is 7.64. The maximum Gasteiger partial charge on any atom is 0.406 e. The first-order chi connectivity index (χ1) is 18.0. The van der Waals surface area contributed by atoms with E-state index in [9.17, 15) is 22.8 Å². The average Bonchev–Trinajstić information content (AvgIpc) is 3.44. The summed E-state index contributed by atoms with van der Waals surface area (Å²) in [5, 5.41) is 0.498. The Hall–Kier alpha value is -3.22. The van der Waals surface area contributed by atoms with Gasteiger partial charge in [0.15, 0.2) is 0 Å². The number of benzene rings is 1. The minimum atomic E-state index is -4.60. The van der Waals surface area contributed by atoms with E-state index in [1.54, 1.807) is 18.2 Å². The number of aryl methyl sites for hydroxylation is 1. The van der Waals surface area contributed by atoms with Crippen molar-refractivity contribution in [3.8, 4) is 17.0 Å². The smallest absolute Gasteiger partial charge is 0.406 e. The maximum atomic E-state index is 12.9. The van der Waals surface area contributed by atoms with Gasteiger partial charge in [-0.1, -0.05) is 11.6 Å². The molecule has 5 rings (SSSR count). The van der Waals surface area contributed by atoms with E-state index in [1.807, 2.05) is 6.92 Å². The van der Waals surface area contributed by atoms with E-state index in [0.29, 0.717) is 41.7 Å². The third-order valence-electron chi connectivity index (χ3n) is 6.37. The van der Waals surface area contributed by atoms with Crippen LogP contribution < -0.4 is 21.7 Å². The van der Waals surface area contributed by atoms with Crippen LogP contribution in [-0.4, -0.2) is 37.4 Å². The first-order valence-electron chi connectivity index (χ1n) is 11.8. The predicted molar refractivity (Wildman–Crippen MR) is 139 cm³/mol. The summed E-state index contributed by atoms with van der Waals surface area (Å²) in [6.07, 6.45) is 0.0521. The molecule has 0 amide bonds. The highest BCUT2D eigenvalue weighted by atomic mass is 35.5. The van der Waals surface area contributed by atoms with Crippen LogP contribution in [0, 0.1) is 6.92 Å². The lowest BCUT2D eigenvalue weighted by atomic mass is 10.1. The molecule has 13 heteroatoms. The number of rotatable bonds is 6. The fourth-order valence-electron chi connectivity index (χ4n) is 4.65. The van der Waals surface area contributed by atoms with Crippen molar-refractivity contribution in [2.75, 3.05) is 0 Å². The monoisotopic (exact) mass is 565 g/mol. The highest BCUT2D eigenvalue weighted by Crippen LogP contribution is 2.41. The molecule has 0 saturated heterocycles. The normalized spacial score (nSPS) is 17.8. The molecule has 38 heavy (non-hydrogen) atoms. The largest absolute Gasteiger partial charge is 0.489 e. The van der Waals surface area contributed by atoms with Crippen LogP contribution >= 0.6 is 22.9 Å². The van der Waals surface area contributed by atoms with E-state index < -0.39 is 24.0 Å². The molecule has 1 saturated carbocycles. The second kappa shape index (κ2) is 10.2. The van der Waals surface area contributed by atoms with Crippen LogP contribution in [0.5, 0.6) is 5.75 Å². The van der Waals surface area contributed by atoms with Gasteiger partial charge in [0, 0.05) is 33.8 Å². The number of alkyl halides is 3. The number of thiophene rings is 1. The summed E-state index contributed by atoms with van der Waals surface area (Å²) < 4.78 is 46.9. The van der Waals surface area contributed by atoms with E-state index in [1.165, 1.54) is 17.7 Å². The molecule has 4 aromatic rings. The Bertz CT molecular complexity index is 1630. The summed E-state index contributed by atoms with van der Waals surface area (Å²) in [5.41, 5.74) is 6.93. The first-order valence-corrected chi connectivity index (χ1v) is 13.0. The Balaban J connectivity index is 1.55. The molecular formula is C25H23ClF3N5O3S. The molecule has 0 bridgehead atoms. The van der Waals surface area contributed by atoms with Crippen LogP contribution in [0.1, 0.15) is 29.7 Å². The zero-order chi connectivity index (χ0) is 27.2. The molecule has 3 aromatic heterocycles. The van der Waals surface area contributed by atoms with Gasteiger partial charge < -0.3 is 10.5 Å². The Kier molecular flexibility index (Phi) is 7.05. The van der Waals surface area contributed by atoms with Crippen molar-refractivity contribution in [1.82, 2.24) is 19.1 Å². The molecular weight excluding hydrogens is 543 g/mol.